The van der Waals surface area contributed by atoms with E-state index in [0.29, 0.717) is 28.6 Å². The topological polar surface area (TPSA) is 119 Å². The molecule has 2 aromatic rings. The van der Waals surface area contributed by atoms with Crippen LogP contribution in [0.3, 0.4) is 0 Å². The Morgan fingerprint density at radius 3 is 2.57 bits per heavy atom. The third-order valence-corrected chi connectivity index (χ3v) is 3.13. The molecule has 0 saturated carbocycles. The smallest absolute Gasteiger partial charge is 0.227 e. The van der Waals surface area contributed by atoms with Gasteiger partial charge in [-0.1, -0.05) is 6.92 Å². The van der Waals surface area contributed by atoms with Gasteiger partial charge >= 0.3 is 0 Å². The summed E-state index contributed by atoms with van der Waals surface area (Å²) in [6.45, 7) is 2.69. The van der Waals surface area contributed by atoms with Crippen molar-refractivity contribution in [3.63, 3.8) is 0 Å². The molecule has 0 radical (unpaired) electrons. The van der Waals surface area contributed by atoms with Gasteiger partial charge in [0, 0.05) is 27.2 Å². The van der Waals surface area contributed by atoms with Crippen LogP contribution in [0.25, 0.3) is 11.0 Å². The van der Waals surface area contributed by atoms with E-state index in [1.807, 2.05) is 14.1 Å². The first kappa shape index (κ1) is 17.1. The van der Waals surface area contributed by atoms with E-state index in [2.05, 4.69) is 37.5 Å². The van der Waals surface area contributed by atoms with Crippen LogP contribution in [0.1, 0.15) is 13.3 Å². The van der Waals surface area contributed by atoms with Crippen molar-refractivity contribution in [2.24, 2.45) is 0 Å². The molecule has 1 unspecified atom stereocenters. The van der Waals surface area contributed by atoms with E-state index in [1.54, 1.807) is 4.90 Å². The van der Waals surface area contributed by atoms with Crippen LogP contribution in [0.2, 0.25) is 0 Å². The van der Waals surface area contributed by atoms with Gasteiger partial charge in [0.2, 0.25) is 5.95 Å². The van der Waals surface area contributed by atoms with Crippen molar-refractivity contribution in [3.8, 4) is 0 Å². The minimum absolute atomic E-state index is 0.168. The fraction of sp³-hybridized carbons (Fsp3) is 0.571. The zero-order valence-corrected chi connectivity index (χ0v) is 13.6. The zero-order chi connectivity index (χ0) is 16.8. The minimum Gasteiger partial charge on any atom is -0.394 e. The van der Waals surface area contributed by atoms with E-state index in [-0.39, 0.29) is 13.2 Å². The molecule has 2 rings (SSSR count). The summed E-state index contributed by atoms with van der Waals surface area (Å²) >= 11 is 0. The first-order chi connectivity index (χ1) is 11.1. The minimum atomic E-state index is -0.868. The third-order valence-electron chi connectivity index (χ3n) is 3.13. The molecule has 23 heavy (non-hydrogen) atoms. The van der Waals surface area contributed by atoms with Crippen molar-refractivity contribution < 1.29 is 10.2 Å². The Morgan fingerprint density at radius 1 is 1.13 bits per heavy atom. The quantitative estimate of drug-likeness (QED) is 0.535. The second-order valence-electron chi connectivity index (χ2n) is 5.33. The monoisotopic (exact) mass is 321 g/mol. The van der Waals surface area contributed by atoms with E-state index in [9.17, 15) is 5.11 Å². The molecule has 1 atom stereocenters. The van der Waals surface area contributed by atoms with Crippen molar-refractivity contribution in [3.05, 3.63) is 6.33 Å². The summed E-state index contributed by atoms with van der Waals surface area (Å²) in [5.74, 6) is 1.68. The SMILES string of the molecule is CCCNc1nc(N(C)C)nc2c(NCC(O)CO)ncnc12. The highest BCUT2D eigenvalue weighted by Crippen LogP contribution is 2.25. The highest BCUT2D eigenvalue weighted by Gasteiger charge is 2.15. The number of hydrogen-bond acceptors (Lipinski definition) is 9. The maximum Gasteiger partial charge on any atom is 0.227 e. The summed E-state index contributed by atoms with van der Waals surface area (Å²) in [6, 6.07) is 0. The van der Waals surface area contributed by atoms with Crippen LogP contribution in [0, 0.1) is 0 Å². The van der Waals surface area contributed by atoms with Crippen LogP contribution in [-0.2, 0) is 0 Å². The van der Waals surface area contributed by atoms with Gasteiger partial charge in [0.1, 0.15) is 17.4 Å². The molecule has 4 N–H and O–H groups in total. The number of aliphatic hydroxyl groups excluding tert-OH is 2. The van der Waals surface area contributed by atoms with Crippen LogP contribution >= 0.6 is 0 Å². The lowest BCUT2D eigenvalue weighted by atomic mass is 10.3. The van der Waals surface area contributed by atoms with Crippen molar-refractivity contribution >= 4 is 28.6 Å². The Balaban J connectivity index is 2.45. The van der Waals surface area contributed by atoms with Gasteiger partial charge in [-0.2, -0.15) is 4.98 Å². The fourth-order valence-electron chi connectivity index (χ4n) is 1.91. The van der Waals surface area contributed by atoms with Gasteiger partial charge in [0.15, 0.2) is 11.6 Å². The lowest BCUT2D eigenvalue weighted by Gasteiger charge is -2.16. The Hall–Kier alpha value is -2.26. The average molecular weight is 321 g/mol. The molecule has 126 valence electrons. The van der Waals surface area contributed by atoms with Gasteiger partial charge in [-0.3, -0.25) is 0 Å². The molecule has 0 saturated heterocycles. The Bertz CT molecular complexity index is 650. The summed E-state index contributed by atoms with van der Waals surface area (Å²) in [5.41, 5.74) is 1.18. The van der Waals surface area contributed by atoms with Gasteiger partial charge in [-0.25, -0.2) is 15.0 Å². The van der Waals surface area contributed by atoms with E-state index in [0.717, 1.165) is 13.0 Å². The van der Waals surface area contributed by atoms with Gasteiger partial charge in [-0.05, 0) is 6.42 Å². The Kier molecular flexibility index (Phi) is 5.83. The van der Waals surface area contributed by atoms with E-state index in [1.165, 1.54) is 6.33 Å². The molecule has 0 aromatic carbocycles. The number of aromatic nitrogens is 4. The first-order valence-corrected chi connectivity index (χ1v) is 7.53. The molecule has 9 heteroatoms. The Labute approximate surface area is 134 Å². The van der Waals surface area contributed by atoms with E-state index >= 15 is 0 Å². The van der Waals surface area contributed by atoms with Crippen LogP contribution < -0.4 is 15.5 Å². The summed E-state index contributed by atoms with van der Waals surface area (Å²) in [5, 5.41) is 24.7. The van der Waals surface area contributed by atoms with Crippen LogP contribution in [0.15, 0.2) is 6.33 Å². The maximum atomic E-state index is 9.50. The highest BCUT2D eigenvalue weighted by molar-refractivity contribution is 5.93. The maximum absolute atomic E-state index is 9.50. The largest absolute Gasteiger partial charge is 0.394 e. The molecule has 0 amide bonds. The number of nitrogens with zero attached hydrogens (tertiary/aromatic N) is 5. The molecule has 0 fully saturated rings. The molecule has 0 aliphatic carbocycles. The molecule has 9 nitrogen and oxygen atoms in total. The number of anilines is 3. The number of nitrogens with one attached hydrogen (secondary N) is 2. The molecular weight excluding hydrogens is 298 g/mol. The number of aliphatic hydroxyl groups is 2. The number of hydrogen-bond donors (Lipinski definition) is 4. The molecule has 0 aliphatic heterocycles. The van der Waals surface area contributed by atoms with Crippen molar-refractivity contribution in [2.45, 2.75) is 19.4 Å². The predicted molar refractivity (Wildman–Crippen MR) is 89.8 cm³/mol. The molecule has 0 spiro atoms. The first-order valence-electron chi connectivity index (χ1n) is 7.53. The van der Waals surface area contributed by atoms with E-state index in [4.69, 9.17) is 5.11 Å². The molecule has 2 aromatic heterocycles. The predicted octanol–water partition coefficient (Wildman–Crippen LogP) is 0.0728. The second kappa shape index (κ2) is 7.84. The lowest BCUT2D eigenvalue weighted by Crippen LogP contribution is -2.23. The average Bonchev–Trinajstić information content (AvgIpc) is 2.56. The van der Waals surface area contributed by atoms with Crippen molar-refractivity contribution in [1.82, 2.24) is 19.9 Å². The summed E-state index contributed by atoms with van der Waals surface area (Å²) in [7, 11) is 3.72. The lowest BCUT2D eigenvalue weighted by molar-refractivity contribution is 0.105. The Morgan fingerprint density at radius 2 is 1.91 bits per heavy atom. The summed E-state index contributed by atoms with van der Waals surface area (Å²) < 4.78 is 0. The van der Waals surface area contributed by atoms with Crippen LogP contribution in [0.5, 0.6) is 0 Å². The van der Waals surface area contributed by atoms with E-state index < -0.39 is 6.10 Å². The summed E-state index contributed by atoms with van der Waals surface area (Å²) in [4.78, 5) is 19.2. The second-order valence-corrected chi connectivity index (χ2v) is 5.33. The van der Waals surface area contributed by atoms with Crippen LogP contribution in [0.4, 0.5) is 17.6 Å². The van der Waals surface area contributed by atoms with Crippen LogP contribution in [-0.4, -0.2) is 70.0 Å². The van der Waals surface area contributed by atoms with Gasteiger partial charge in [0.25, 0.3) is 0 Å². The summed E-state index contributed by atoms with van der Waals surface area (Å²) in [6.07, 6.45) is 1.51. The number of rotatable bonds is 8. The van der Waals surface area contributed by atoms with Crippen molar-refractivity contribution in [2.75, 3.05) is 49.3 Å². The van der Waals surface area contributed by atoms with Gasteiger partial charge < -0.3 is 25.7 Å². The number of fused-ring (bicyclic) bond motifs is 1. The van der Waals surface area contributed by atoms with Gasteiger partial charge in [0.05, 0.1) is 12.7 Å². The fourth-order valence-corrected chi connectivity index (χ4v) is 1.91. The molecular formula is C14H23N7O2. The standard InChI is InChI=1S/C14H23N7O2/c1-4-5-15-13-10-11(19-14(20-13)21(2)3)12(18-8-17-10)16-6-9(23)7-22/h8-9,22-23H,4-7H2,1-3H3,(H,15,19,20)(H,16,17,18). The van der Waals surface area contributed by atoms with Crippen molar-refractivity contribution in [1.29, 1.82) is 0 Å². The molecule has 0 aliphatic rings. The van der Waals surface area contributed by atoms with Gasteiger partial charge in [-0.15, -0.1) is 0 Å². The zero-order valence-electron chi connectivity index (χ0n) is 13.6. The highest BCUT2D eigenvalue weighted by atomic mass is 16.3. The third kappa shape index (κ3) is 4.14. The molecule has 2 heterocycles. The normalized spacial score (nSPS) is 12.2. The molecule has 0 bridgehead atoms.